The van der Waals surface area contributed by atoms with Gasteiger partial charge >= 0.3 is 0 Å². The Balaban J connectivity index is 1.45. The molecule has 3 fully saturated rings. The van der Waals surface area contributed by atoms with Gasteiger partial charge in [0.2, 0.25) is 0 Å². The first-order chi connectivity index (χ1) is 15.1. The van der Waals surface area contributed by atoms with Crippen LogP contribution < -0.4 is 10.1 Å². The van der Waals surface area contributed by atoms with E-state index in [9.17, 15) is 14.0 Å². The van der Waals surface area contributed by atoms with E-state index in [1.165, 1.54) is 0 Å². The number of hydrogen-bond donors (Lipinski definition) is 1. The van der Waals surface area contributed by atoms with E-state index in [-0.39, 0.29) is 31.8 Å². The lowest BCUT2D eigenvalue weighted by Crippen LogP contribution is -2.73. The third-order valence-electron chi connectivity index (χ3n) is 7.30. The Labute approximate surface area is 181 Å². The molecule has 1 N–H and O–H groups in total. The van der Waals surface area contributed by atoms with E-state index in [4.69, 9.17) is 14.2 Å². The van der Waals surface area contributed by atoms with Crippen LogP contribution in [0.5, 0.6) is 5.75 Å². The molecule has 0 radical (unpaired) electrons. The average Bonchev–Trinajstić information content (AvgIpc) is 2.81. The van der Waals surface area contributed by atoms with Crippen molar-refractivity contribution in [3.05, 3.63) is 29.8 Å². The average molecular weight is 432 g/mol. The van der Waals surface area contributed by atoms with Gasteiger partial charge < -0.3 is 24.4 Å². The second-order valence-corrected chi connectivity index (χ2v) is 9.11. The monoisotopic (exact) mass is 432 g/mol. The molecule has 1 aromatic carbocycles. The number of piperidine rings is 1. The van der Waals surface area contributed by atoms with Crippen molar-refractivity contribution in [2.45, 2.75) is 68.5 Å². The van der Waals surface area contributed by atoms with Crippen LogP contribution in [0.2, 0.25) is 0 Å². The van der Waals surface area contributed by atoms with Gasteiger partial charge in [0.05, 0.1) is 30.9 Å². The van der Waals surface area contributed by atoms with Gasteiger partial charge in [-0.05, 0) is 56.1 Å². The van der Waals surface area contributed by atoms with Crippen LogP contribution in [0.1, 0.15) is 50.0 Å². The summed E-state index contributed by atoms with van der Waals surface area (Å²) in [5.74, 6) is 0.213. The highest BCUT2D eigenvalue weighted by Crippen LogP contribution is 2.39. The van der Waals surface area contributed by atoms with E-state index >= 15 is 0 Å². The molecule has 1 saturated carbocycles. The highest BCUT2D eigenvalue weighted by molar-refractivity contribution is 5.82. The molecule has 7 nitrogen and oxygen atoms in total. The molecule has 6 rings (SSSR count). The summed E-state index contributed by atoms with van der Waals surface area (Å²) >= 11 is 0. The zero-order valence-corrected chi connectivity index (χ0v) is 17.6. The van der Waals surface area contributed by atoms with Crippen molar-refractivity contribution in [2.24, 2.45) is 0 Å². The number of rotatable bonds is 0. The predicted octanol–water partition coefficient (Wildman–Crippen LogP) is 2.29. The molecule has 2 saturated heterocycles. The summed E-state index contributed by atoms with van der Waals surface area (Å²) < 4.78 is 31.2. The van der Waals surface area contributed by atoms with E-state index in [0.29, 0.717) is 25.3 Å². The number of ether oxygens (including phenoxy) is 3. The highest BCUT2D eigenvalue weighted by atomic mass is 19.1. The van der Waals surface area contributed by atoms with Gasteiger partial charge in [-0.15, -0.1) is 0 Å². The smallest absolute Gasteiger partial charge is 0.282 e. The molecule has 1 unspecified atom stereocenters. The van der Waals surface area contributed by atoms with Crippen LogP contribution in [0.15, 0.2) is 24.3 Å². The van der Waals surface area contributed by atoms with Crippen molar-refractivity contribution in [3.63, 3.8) is 0 Å². The van der Waals surface area contributed by atoms with Gasteiger partial charge in [-0.2, -0.15) is 0 Å². The zero-order valence-electron chi connectivity index (χ0n) is 17.6. The molecule has 1 aromatic rings. The molecular weight excluding hydrogens is 403 g/mol. The number of halogens is 1. The quantitative estimate of drug-likeness (QED) is 0.681. The number of para-hydroxylation sites is 1. The molecule has 2 amide bonds. The summed E-state index contributed by atoms with van der Waals surface area (Å²) in [5, 5.41) is 2.83. The normalized spacial score (nSPS) is 36.4. The molecule has 168 valence electrons. The zero-order chi connectivity index (χ0) is 21.4. The molecule has 1 aliphatic carbocycles. The summed E-state index contributed by atoms with van der Waals surface area (Å²) in [6.45, 7) is 0.769. The summed E-state index contributed by atoms with van der Waals surface area (Å²) in [4.78, 5) is 27.1. The minimum atomic E-state index is -1.97. The van der Waals surface area contributed by atoms with Crippen molar-refractivity contribution in [1.29, 1.82) is 0 Å². The van der Waals surface area contributed by atoms with Crippen molar-refractivity contribution >= 4 is 11.8 Å². The Bertz CT molecular complexity index is 843. The molecule has 0 aromatic heterocycles. The molecule has 4 heterocycles. The van der Waals surface area contributed by atoms with Crippen LogP contribution in [0.4, 0.5) is 4.39 Å². The van der Waals surface area contributed by atoms with Gasteiger partial charge in [-0.1, -0.05) is 18.2 Å². The number of amides is 2. The van der Waals surface area contributed by atoms with Gasteiger partial charge in [-0.25, -0.2) is 4.39 Å². The van der Waals surface area contributed by atoms with Crippen molar-refractivity contribution in [2.75, 3.05) is 26.4 Å². The largest absolute Gasteiger partial charge is 0.483 e. The van der Waals surface area contributed by atoms with Gasteiger partial charge in [0, 0.05) is 6.54 Å². The SMILES string of the molecule is O=C1N[C@@]2(CCCN3C(=O)COc4ccccc4[C@H]4CC[C@H](CC4)OC[C@@H]32)COC1F. The second-order valence-electron chi connectivity index (χ2n) is 9.11. The van der Waals surface area contributed by atoms with E-state index in [2.05, 4.69) is 11.4 Å². The summed E-state index contributed by atoms with van der Waals surface area (Å²) in [6.07, 6.45) is 3.30. The van der Waals surface area contributed by atoms with E-state index < -0.39 is 23.8 Å². The Kier molecular flexibility index (Phi) is 5.60. The number of carbonyl (C=O) groups excluding carboxylic acids is 2. The second kappa shape index (κ2) is 8.39. The Morgan fingerprint density at radius 3 is 2.71 bits per heavy atom. The topological polar surface area (TPSA) is 77.1 Å². The lowest BCUT2D eigenvalue weighted by Gasteiger charge is -2.51. The summed E-state index contributed by atoms with van der Waals surface area (Å²) in [7, 11) is 0. The van der Waals surface area contributed by atoms with Crippen LogP contribution in [0.25, 0.3) is 0 Å². The maximum Gasteiger partial charge on any atom is 0.282 e. The Morgan fingerprint density at radius 2 is 1.90 bits per heavy atom. The molecule has 2 bridgehead atoms. The van der Waals surface area contributed by atoms with Crippen molar-refractivity contribution in [3.8, 4) is 5.75 Å². The molecule has 4 aliphatic heterocycles. The number of nitrogens with one attached hydrogen (secondary N) is 1. The molecule has 31 heavy (non-hydrogen) atoms. The first-order valence-electron chi connectivity index (χ1n) is 11.3. The van der Waals surface area contributed by atoms with Gasteiger partial charge in [0.25, 0.3) is 18.2 Å². The molecule has 8 heteroatoms. The number of fused-ring (bicyclic) bond motifs is 5. The molecule has 5 aliphatic rings. The molecule has 3 atom stereocenters. The predicted molar refractivity (Wildman–Crippen MR) is 109 cm³/mol. The highest BCUT2D eigenvalue weighted by Gasteiger charge is 2.51. The fourth-order valence-electron chi connectivity index (χ4n) is 5.62. The van der Waals surface area contributed by atoms with E-state index in [1.54, 1.807) is 4.90 Å². The first kappa shape index (κ1) is 20.7. The summed E-state index contributed by atoms with van der Waals surface area (Å²) in [6, 6.07) is 7.53. The van der Waals surface area contributed by atoms with Crippen LogP contribution in [-0.4, -0.2) is 67.1 Å². The minimum Gasteiger partial charge on any atom is -0.483 e. The fraction of sp³-hybridized carbons (Fsp3) is 0.652. The standard InChI is InChI=1S/C23H29FN2O5/c24-21-22(28)25-23(14-31-21)10-3-11-26-19(23)12-29-16-8-6-15(7-9-16)17-4-1-2-5-18(17)30-13-20(26)27/h1-2,4-5,15-16,19,21H,3,6-14H2,(H,25,28)/t15-,16+,19-,21?,23+/m1/s1. The number of benzene rings is 1. The number of nitrogens with zero attached hydrogens (tertiary/aromatic N) is 1. The van der Waals surface area contributed by atoms with Crippen molar-refractivity contribution in [1.82, 2.24) is 10.2 Å². The molecular formula is C23H29FN2O5. The van der Waals surface area contributed by atoms with E-state index in [1.807, 2.05) is 18.2 Å². The van der Waals surface area contributed by atoms with Gasteiger partial charge in [0.1, 0.15) is 5.75 Å². The van der Waals surface area contributed by atoms with Crippen LogP contribution in [0, 0.1) is 0 Å². The number of carbonyl (C=O) groups is 2. The first-order valence-corrected chi connectivity index (χ1v) is 11.3. The van der Waals surface area contributed by atoms with Crippen molar-refractivity contribution < 1.29 is 28.2 Å². The maximum absolute atomic E-state index is 13.7. The fourth-order valence-corrected chi connectivity index (χ4v) is 5.62. The summed E-state index contributed by atoms with van der Waals surface area (Å²) in [5.41, 5.74) is 0.310. The number of hydrogen-bond acceptors (Lipinski definition) is 5. The van der Waals surface area contributed by atoms with Crippen LogP contribution >= 0.6 is 0 Å². The van der Waals surface area contributed by atoms with Gasteiger partial charge in [-0.3, -0.25) is 9.59 Å². The number of morpholine rings is 1. The Morgan fingerprint density at radius 1 is 1.10 bits per heavy atom. The van der Waals surface area contributed by atoms with E-state index in [0.717, 1.165) is 37.0 Å². The minimum absolute atomic E-state index is 0.0220. The van der Waals surface area contributed by atoms with Gasteiger partial charge in [0.15, 0.2) is 6.61 Å². The number of alkyl halides is 1. The van der Waals surface area contributed by atoms with Crippen LogP contribution in [0.3, 0.4) is 0 Å². The third-order valence-corrected chi connectivity index (χ3v) is 7.30. The van der Waals surface area contributed by atoms with Crippen LogP contribution in [-0.2, 0) is 19.1 Å². The lowest BCUT2D eigenvalue weighted by molar-refractivity contribution is -0.177. The maximum atomic E-state index is 13.7. The lowest BCUT2D eigenvalue weighted by atomic mass is 9.80. The third kappa shape index (κ3) is 3.91. The Hall–Kier alpha value is -2.19. The molecule has 1 spiro atoms.